The maximum atomic E-state index is 2.60. The number of piperazine rings is 1. The van der Waals surface area contributed by atoms with Gasteiger partial charge in [0.25, 0.3) is 0 Å². The van der Waals surface area contributed by atoms with Crippen molar-refractivity contribution in [2.75, 3.05) is 53.4 Å². The van der Waals surface area contributed by atoms with Gasteiger partial charge in [-0.15, -0.1) is 0 Å². The summed E-state index contributed by atoms with van der Waals surface area (Å²) in [6.07, 6.45) is 0. The molecule has 4 aromatic carbocycles. The van der Waals surface area contributed by atoms with Crippen LogP contribution in [-0.4, -0.2) is 68.1 Å². The zero-order valence-electron chi connectivity index (χ0n) is 26.0. The fourth-order valence-corrected chi connectivity index (χ4v) is 7.44. The lowest BCUT2D eigenvalue weighted by Gasteiger charge is -2.49. The zero-order chi connectivity index (χ0) is 29.3. The van der Waals surface area contributed by atoms with Crippen LogP contribution in [0.15, 0.2) is 121 Å². The lowest BCUT2D eigenvalue weighted by Crippen LogP contribution is -2.46. The van der Waals surface area contributed by atoms with E-state index in [4.69, 9.17) is 0 Å². The Kier molecular flexibility index (Phi) is 10.6. The number of hydrogen-bond donors (Lipinski definition) is 0. The number of fused-ring (bicyclic) bond motifs is 1. The smallest absolute Gasteiger partial charge is 0.0602 e. The third-order valence-corrected chi connectivity index (χ3v) is 9.41. The van der Waals surface area contributed by atoms with E-state index in [2.05, 4.69) is 150 Å². The van der Waals surface area contributed by atoms with Gasteiger partial charge in [0.2, 0.25) is 0 Å². The lowest BCUT2D eigenvalue weighted by atomic mass is 9.54. The molecule has 1 saturated carbocycles. The van der Waals surface area contributed by atoms with Crippen LogP contribution >= 0.6 is 0 Å². The minimum Gasteiger partial charge on any atom is -0.306 e. The molecule has 2 heterocycles. The molecule has 42 heavy (non-hydrogen) atoms. The lowest BCUT2D eigenvalue weighted by molar-refractivity contribution is 0.127. The van der Waals surface area contributed by atoms with Gasteiger partial charge in [-0.3, -0.25) is 4.90 Å². The molecule has 1 aliphatic carbocycles. The van der Waals surface area contributed by atoms with Crippen molar-refractivity contribution in [3.63, 3.8) is 0 Å². The van der Waals surface area contributed by atoms with E-state index in [0.717, 1.165) is 38.0 Å². The molecule has 3 fully saturated rings. The summed E-state index contributed by atoms with van der Waals surface area (Å²) >= 11 is 0. The summed E-state index contributed by atoms with van der Waals surface area (Å²) in [5.74, 6) is 3.09. The Bertz CT molecular complexity index is 1210. The number of hydrogen-bond acceptors (Lipinski definition) is 3. The topological polar surface area (TPSA) is 9.72 Å². The van der Waals surface area contributed by atoms with Crippen molar-refractivity contribution in [3.05, 3.63) is 144 Å². The van der Waals surface area contributed by atoms with Gasteiger partial charge in [0.05, 0.1) is 6.04 Å². The van der Waals surface area contributed by atoms with E-state index in [0.29, 0.717) is 17.9 Å². The second kappa shape index (κ2) is 14.8. The predicted molar refractivity (Wildman–Crippen MR) is 178 cm³/mol. The van der Waals surface area contributed by atoms with Crippen molar-refractivity contribution >= 4 is 0 Å². The highest BCUT2D eigenvalue weighted by Gasteiger charge is 2.54. The fourth-order valence-electron chi connectivity index (χ4n) is 7.44. The quantitative estimate of drug-likeness (QED) is 0.247. The molecule has 2 aliphatic heterocycles. The molecule has 3 aliphatic rings. The van der Waals surface area contributed by atoms with Gasteiger partial charge in [-0.2, -0.15) is 0 Å². The molecular formula is C39H49N3. The average Bonchev–Trinajstić information content (AvgIpc) is 3.37. The Morgan fingerprint density at radius 1 is 0.476 bits per heavy atom. The highest BCUT2D eigenvalue weighted by molar-refractivity contribution is 5.36. The Morgan fingerprint density at radius 2 is 0.833 bits per heavy atom. The molecule has 4 aromatic rings. The summed E-state index contributed by atoms with van der Waals surface area (Å²) in [5.41, 5.74) is 5.84. The van der Waals surface area contributed by atoms with Gasteiger partial charge < -0.3 is 9.80 Å². The van der Waals surface area contributed by atoms with Crippen LogP contribution in [0.5, 0.6) is 0 Å². The van der Waals surface area contributed by atoms with E-state index in [1.165, 1.54) is 35.3 Å². The minimum absolute atomic E-state index is 0.381. The van der Waals surface area contributed by atoms with E-state index >= 15 is 0 Å². The second-order valence-electron chi connectivity index (χ2n) is 12.0. The van der Waals surface area contributed by atoms with Crippen LogP contribution in [-0.2, 0) is 0 Å². The highest BCUT2D eigenvalue weighted by Crippen LogP contribution is 2.60. The maximum absolute atomic E-state index is 2.60. The maximum Gasteiger partial charge on any atom is 0.0602 e. The van der Waals surface area contributed by atoms with Crippen molar-refractivity contribution in [1.29, 1.82) is 0 Å². The molecule has 0 spiro atoms. The largest absolute Gasteiger partial charge is 0.306 e. The molecular weight excluding hydrogens is 510 g/mol. The Labute approximate surface area is 254 Å². The van der Waals surface area contributed by atoms with Gasteiger partial charge in [-0.05, 0) is 60.0 Å². The number of rotatable bonds is 5. The fraction of sp³-hybridized carbons (Fsp3) is 0.385. The SMILES string of the molecule is CC.CN1CC2C(C1)C(c1ccccc1)C2c1ccccc1.CN1CCN(C(c2ccccc2)c2ccccc2)CC1. The van der Waals surface area contributed by atoms with Crippen LogP contribution in [0.25, 0.3) is 0 Å². The van der Waals surface area contributed by atoms with E-state index < -0.39 is 0 Å². The number of benzene rings is 4. The first-order chi connectivity index (χ1) is 20.7. The van der Waals surface area contributed by atoms with Gasteiger partial charge in [0.1, 0.15) is 0 Å². The van der Waals surface area contributed by atoms with Crippen LogP contribution in [0, 0.1) is 11.8 Å². The van der Waals surface area contributed by atoms with E-state index in [-0.39, 0.29) is 0 Å². The molecule has 0 bridgehead atoms. The summed E-state index contributed by atoms with van der Waals surface area (Å²) in [6, 6.07) is 44.4. The van der Waals surface area contributed by atoms with Gasteiger partial charge in [-0.25, -0.2) is 0 Å². The van der Waals surface area contributed by atoms with Crippen molar-refractivity contribution < 1.29 is 0 Å². The third kappa shape index (κ3) is 6.86. The van der Waals surface area contributed by atoms with Gasteiger partial charge in [0, 0.05) is 39.3 Å². The van der Waals surface area contributed by atoms with Crippen molar-refractivity contribution in [3.8, 4) is 0 Å². The molecule has 2 saturated heterocycles. The third-order valence-electron chi connectivity index (χ3n) is 9.41. The van der Waals surface area contributed by atoms with Crippen LogP contribution < -0.4 is 0 Å². The monoisotopic (exact) mass is 559 g/mol. The zero-order valence-corrected chi connectivity index (χ0v) is 26.0. The summed E-state index contributed by atoms with van der Waals surface area (Å²) < 4.78 is 0. The number of likely N-dealkylation sites (N-methyl/N-ethyl adjacent to an activating group) is 1. The summed E-state index contributed by atoms with van der Waals surface area (Å²) in [7, 11) is 4.47. The molecule has 0 N–H and O–H groups in total. The van der Waals surface area contributed by atoms with E-state index in [1.54, 1.807) is 0 Å². The Balaban J connectivity index is 0.000000159. The molecule has 3 heteroatoms. The highest BCUT2D eigenvalue weighted by atomic mass is 15.3. The van der Waals surface area contributed by atoms with Gasteiger partial charge >= 0.3 is 0 Å². The summed E-state index contributed by atoms with van der Waals surface area (Å²) in [6.45, 7) is 11.1. The molecule has 220 valence electrons. The number of likely N-dealkylation sites (tertiary alicyclic amines) is 1. The number of nitrogens with zero attached hydrogens (tertiary/aromatic N) is 3. The van der Waals surface area contributed by atoms with Crippen LogP contribution in [0.3, 0.4) is 0 Å². The molecule has 4 atom stereocenters. The first kappa shape index (κ1) is 30.2. The standard InChI is InChI=1S/C19H21N.C18H22N2.C2H6/c1-20-12-16-17(13-20)19(15-10-6-3-7-11-15)18(16)14-8-4-2-5-9-14;1-19-12-14-20(15-13-19)18(16-8-4-2-5-9-16)17-10-6-3-7-11-17;1-2/h2-11,16-19H,12-13H2,1H3;2-11,18H,12-15H2,1H3;1-2H3. The van der Waals surface area contributed by atoms with Crippen molar-refractivity contribution in [2.24, 2.45) is 11.8 Å². The minimum atomic E-state index is 0.381. The van der Waals surface area contributed by atoms with Crippen LogP contribution in [0.1, 0.15) is 54.0 Å². The normalized spacial score (nSPS) is 24.0. The van der Waals surface area contributed by atoms with Crippen LogP contribution in [0.4, 0.5) is 0 Å². The van der Waals surface area contributed by atoms with Crippen LogP contribution in [0.2, 0.25) is 0 Å². The van der Waals surface area contributed by atoms with E-state index in [1.807, 2.05) is 13.8 Å². The van der Waals surface area contributed by atoms with Gasteiger partial charge in [0.15, 0.2) is 0 Å². The van der Waals surface area contributed by atoms with E-state index in [9.17, 15) is 0 Å². The van der Waals surface area contributed by atoms with Crippen molar-refractivity contribution in [2.45, 2.75) is 31.7 Å². The Morgan fingerprint density at radius 3 is 1.21 bits per heavy atom. The summed E-state index contributed by atoms with van der Waals surface area (Å²) in [4.78, 5) is 7.52. The first-order valence-corrected chi connectivity index (χ1v) is 16.0. The molecule has 0 aromatic heterocycles. The summed E-state index contributed by atoms with van der Waals surface area (Å²) in [5, 5.41) is 0. The molecule has 0 radical (unpaired) electrons. The molecule has 4 unspecified atom stereocenters. The predicted octanol–water partition coefficient (Wildman–Crippen LogP) is 7.80. The molecule has 3 nitrogen and oxygen atoms in total. The Hall–Kier alpha value is -3.24. The average molecular weight is 560 g/mol. The van der Waals surface area contributed by atoms with Crippen molar-refractivity contribution in [1.82, 2.24) is 14.7 Å². The second-order valence-corrected chi connectivity index (χ2v) is 12.0. The van der Waals surface area contributed by atoms with Gasteiger partial charge in [-0.1, -0.05) is 135 Å². The first-order valence-electron chi connectivity index (χ1n) is 16.0. The molecule has 7 rings (SSSR count). The molecule has 0 amide bonds.